The second-order valence-corrected chi connectivity index (χ2v) is 3.83. The quantitative estimate of drug-likeness (QED) is 0.621. The number of thioether (sulfide) groups is 1. The Bertz CT molecular complexity index is 181. The lowest BCUT2D eigenvalue weighted by Crippen LogP contribution is -2.35. The fourth-order valence-corrected chi connectivity index (χ4v) is 1.97. The van der Waals surface area contributed by atoms with E-state index in [4.69, 9.17) is 0 Å². The van der Waals surface area contributed by atoms with Crippen LogP contribution >= 0.6 is 11.8 Å². The van der Waals surface area contributed by atoms with E-state index in [9.17, 15) is 4.79 Å². The lowest BCUT2D eigenvalue weighted by atomic mass is 10.2. The monoisotopic (exact) mass is 185 g/mol. The second kappa shape index (κ2) is 4.55. The summed E-state index contributed by atoms with van der Waals surface area (Å²) < 4.78 is 0. The molecule has 0 aliphatic carbocycles. The third-order valence-corrected chi connectivity index (χ3v) is 2.70. The molecule has 1 atom stereocenters. The summed E-state index contributed by atoms with van der Waals surface area (Å²) in [6.07, 6.45) is 6.04. The summed E-state index contributed by atoms with van der Waals surface area (Å²) in [5, 5.41) is 0. The molecular weight excluding hydrogens is 170 g/mol. The summed E-state index contributed by atoms with van der Waals surface area (Å²) in [5.41, 5.74) is 0. The smallest absolute Gasteiger partial charge is 0.233 e. The van der Waals surface area contributed by atoms with Crippen molar-refractivity contribution in [3.63, 3.8) is 0 Å². The lowest BCUT2D eigenvalue weighted by molar-refractivity contribution is -0.128. The first kappa shape index (κ1) is 9.65. The molecule has 1 fully saturated rings. The molecule has 2 nitrogen and oxygen atoms in total. The van der Waals surface area contributed by atoms with Crippen LogP contribution in [0.1, 0.15) is 12.8 Å². The first-order valence-electron chi connectivity index (χ1n) is 4.20. The first-order valence-corrected chi connectivity index (χ1v) is 5.60. The Kier molecular flexibility index (Phi) is 3.66. The van der Waals surface area contributed by atoms with Gasteiger partial charge < -0.3 is 4.90 Å². The number of amides is 1. The molecular formula is C9H15NOS. The largest absolute Gasteiger partial charge is 0.336 e. The van der Waals surface area contributed by atoms with Crippen molar-refractivity contribution in [1.29, 1.82) is 0 Å². The normalized spacial score (nSPS) is 22.8. The minimum absolute atomic E-state index is 0.255. The average Bonchev–Trinajstić information content (AvgIpc) is 2.51. The Hall–Kier alpha value is -0.440. The zero-order valence-corrected chi connectivity index (χ0v) is 8.27. The van der Waals surface area contributed by atoms with Crippen molar-refractivity contribution in [1.82, 2.24) is 4.90 Å². The van der Waals surface area contributed by atoms with Gasteiger partial charge in [-0.1, -0.05) is 6.08 Å². The summed E-state index contributed by atoms with van der Waals surface area (Å²) in [6, 6.07) is 0.296. The van der Waals surface area contributed by atoms with Gasteiger partial charge in [0.05, 0.1) is 5.75 Å². The lowest BCUT2D eigenvalue weighted by Gasteiger charge is -2.21. The van der Waals surface area contributed by atoms with Crippen molar-refractivity contribution < 1.29 is 4.79 Å². The fraction of sp³-hybridized carbons (Fsp3) is 0.667. The molecule has 1 rings (SSSR count). The van der Waals surface area contributed by atoms with Gasteiger partial charge in [-0.2, -0.15) is 11.8 Å². The minimum Gasteiger partial charge on any atom is -0.336 e. The Morgan fingerprint density at radius 3 is 3.17 bits per heavy atom. The van der Waals surface area contributed by atoms with Crippen LogP contribution in [0.4, 0.5) is 0 Å². The third-order valence-electron chi connectivity index (χ3n) is 2.16. The molecule has 3 heteroatoms. The van der Waals surface area contributed by atoms with Crippen molar-refractivity contribution in [3.8, 4) is 0 Å². The van der Waals surface area contributed by atoms with Gasteiger partial charge >= 0.3 is 0 Å². The molecule has 0 aromatic rings. The highest BCUT2D eigenvalue weighted by Gasteiger charge is 2.25. The third kappa shape index (κ3) is 2.03. The number of likely N-dealkylation sites (tertiary alicyclic amines) is 1. The molecule has 0 aromatic heterocycles. The molecule has 0 saturated carbocycles. The van der Waals surface area contributed by atoms with Crippen LogP contribution in [0.5, 0.6) is 0 Å². The molecule has 1 aliphatic heterocycles. The van der Waals surface area contributed by atoms with Crippen LogP contribution in [0, 0.1) is 0 Å². The van der Waals surface area contributed by atoms with E-state index in [1.165, 1.54) is 0 Å². The van der Waals surface area contributed by atoms with Gasteiger partial charge in [0, 0.05) is 12.6 Å². The van der Waals surface area contributed by atoms with E-state index < -0.39 is 0 Å². The maximum absolute atomic E-state index is 11.5. The molecule has 0 bridgehead atoms. The summed E-state index contributed by atoms with van der Waals surface area (Å²) in [6.45, 7) is 4.65. The van der Waals surface area contributed by atoms with E-state index in [-0.39, 0.29) is 5.91 Å². The molecule has 0 spiro atoms. The molecule has 1 saturated heterocycles. The Morgan fingerprint density at radius 2 is 2.58 bits per heavy atom. The van der Waals surface area contributed by atoms with Gasteiger partial charge in [-0.05, 0) is 19.1 Å². The fourth-order valence-electron chi connectivity index (χ4n) is 1.55. The molecule has 68 valence electrons. The van der Waals surface area contributed by atoms with Gasteiger partial charge in [0.15, 0.2) is 0 Å². The molecule has 0 unspecified atom stereocenters. The number of carbonyl (C=O) groups excluding carboxylic acids is 1. The number of nitrogens with zero attached hydrogens (tertiary/aromatic N) is 1. The van der Waals surface area contributed by atoms with E-state index in [0.717, 1.165) is 19.4 Å². The highest BCUT2D eigenvalue weighted by molar-refractivity contribution is 7.99. The maximum atomic E-state index is 11.5. The van der Waals surface area contributed by atoms with Crippen LogP contribution in [0.3, 0.4) is 0 Å². The van der Waals surface area contributed by atoms with Gasteiger partial charge in [0.25, 0.3) is 0 Å². The first-order chi connectivity index (χ1) is 5.79. The summed E-state index contributed by atoms with van der Waals surface area (Å²) in [7, 11) is 0. The average molecular weight is 185 g/mol. The number of hydrogen-bond donors (Lipinski definition) is 0. The maximum Gasteiger partial charge on any atom is 0.233 e. The molecule has 12 heavy (non-hydrogen) atoms. The standard InChI is InChI=1S/C9H15NOS/c1-3-8-5-4-6-10(8)9(11)7-12-2/h3,8H,1,4-7H2,2H3/t8-/m1/s1. The zero-order valence-electron chi connectivity index (χ0n) is 7.45. The summed E-state index contributed by atoms with van der Waals surface area (Å²) >= 11 is 1.58. The second-order valence-electron chi connectivity index (χ2n) is 2.97. The van der Waals surface area contributed by atoms with Crippen LogP contribution in [-0.4, -0.2) is 35.4 Å². The van der Waals surface area contributed by atoms with Gasteiger partial charge in [-0.25, -0.2) is 0 Å². The van der Waals surface area contributed by atoms with Crippen molar-refractivity contribution >= 4 is 17.7 Å². The zero-order chi connectivity index (χ0) is 8.97. The van der Waals surface area contributed by atoms with E-state index in [0.29, 0.717) is 11.8 Å². The SMILES string of the molecule is C=C[C@@H]1CCCN1C(=O)CSC. The number of rotatable bonds is 3. The summed E-state index contributed by atoms with van der Waals surface area (Å²) in [4.78, 5) is 13.4. The van der Waals surface area contributed by atoms with Crippen LogP contribution in [0.25, 0.3) is 0 Å². The Balaban J connectivity index is 2.49. The van der Waals surface area contributed by atoms with Crippen molar-refractivity contribution in [2.24, 2.45) is 0 Å². The highest BCUT2D eigenvalue weighted by atomic mass is 32.2. The predicted molar refractivity (Wildman–Crippen MR) is 53.3 cm³/mol. The predicted octanol–water partition coefficient (Wildman–Crippen LogP) is 1.53. The van der Waals surface area contributed by atoms with E-state index >= 15 is 0 Å². The van der Waals surface area contributed by atoms with Crippen LogP contribution in [0.2, 0.25) is 0 Å². The highest BCUT2D eigenvalue weighted by Crippen LogP contribution is 2.18. The molecule has 0 aromatic carbocycles. The van der Waals surface area contributed by atoms with Gasteiger partial charge in [0.1, 0.15) is 0 Å². The topological polar surface area (TPSA) is 20.3 Å². The Morgan fingerprint density at radius 1 is 1.83 bits per heavy atom. The van der Waals surface area contributed by atoms with Crippen LogP contribution < -0.4 is 0 Å². The van der Waals surface area contributed by atoms with Crippen LogP contribution in [-0.2, 0) is 4.79 Å². The molecule has 1 heterocycles. The van der Waals surface area contributed by atoms with E-state index in [1.807, 2.05) is 17.2 Å². The van der Waals surface area contributed by atoms with E-state index in [2.05, 4.69) is 6.58 Å². The number of hydrogen-bond acceptors (Lipinski definition) is 2. The Labute approximate surface area is 78.0 Å². The minimum atomic E-state index is 0.255. The van der Waals surface area contributed by atoms with Crippen LogP contribution in [0.15, 0.2) is 12.7 Å². The van der Waals surface area contributed by atoms with Gasteiger partial charge in [-0.15, -0.1) is 6.58 Å². The molecule has 0 N–H and O–H groups in total. The van der Waals surface area contributed by atoms with Crippen molar-refractivity contribution in [2.75, 3.05) is 18.6 Å². The van der Waals surface area contributed by atoms with Crippen molar-refractivity contribution in [2.45, 2.75) is 18.9 Å². The summed E-state index contributed by atoms with van der Waals surface area (Å²) in [5.74, 6) is 0.856. The van der Waals surface area contributed by atoms with E-state index in [1.54, 1.807) is 11.8 Å². The molecule has 1 amide bonds. The number of carbonyl (C=O) groups is 1. The molecule has 0 radical (unpaired) electrons. The van der Waals surface area contributed by atoms with Gasteiger partial charge in [-0.3, -0.25) is 4.79 Å². The van der Waals surface area contributed by atoms with Crippen molar-refractivity contribution in [3.05, 3.63) is 12.7 Å². The molecule has 1 aliphatic rings. The van der Waals surface area contributed by atoms with Gasteiger partial charge in [0.2, 0.25) is 5.91 Å².